The summed E-state index contributed by atoms with van der Waals surface area (Å²) in [6.45, 7) is 0.533. The van der Waals surface area contributed by atoms with Crippen molar-refractivity contribution < 1.29 is 33.6 Å². The van der Waals surface area contributed by atoms with Gasteiger partial charge < -0.3 is 14.9 Å². The van der Waals surface area contributed by atoms with E-state index < -0.39 is 32.1 Å². The highest BCUT2D eigenvalue weighted by atomic mass is 31.2. The number of aliphatic hydroxyl groups is 1. The third-order valence-electron chi connectivity index (χ3n) is 1.30. The Morgan fingerprint density at radius 2 is 1.93 bits per heavy atom. The third kappa shape index (κ3) is 5.21. The molecule has 0 aliphatic rings. The number of carbonyl (C=O) groups is 2. The van der Waals surface area contributed by atoms with Crippen LogP contribution in [-0.4, -0.2) is 39.2 Å². The molecule has 0 aromatic rings. The summed E-state index contributed by atoms with van der Waals surface area (Å²) >= 11 is 0. The summed E-state index contributed by atoms with van der Waals surface area (Å²) < 4.78 is 14.0. The zero-order chi connectivity index (χ0) is 11.4. The van der Waals surface area contributed by atoms with Crippen LogP contribution in [0.25, 0.3) is 0 Å². The summed E-state index contributed by atoms with van der Waals surface area (Å²) in [5.74, 6) is -1.92. The molecule has 0 bridgehead atoms. The van der Waals surface area contributed by atoms with Gasteiger partial charge in [-0.1, -0.05) is 6.92 Å². The molecule has 0 aromatic carbocycles. The van der Waals surface area contributed by atoms with Crippen molar-refractivity contribution in [1.82, 2.24) is 0 Å². The number of Topliss-reactive ketones (excluding diaryl/α,β-unsaturated/α-hetero) is 2. The molecule has 0 saturated heterocycles. The fourth-order valence-corrected chi connectivity index (χ4v) is 0.939. The Morgan fingerprint density at radius 3 is 2.29 bits per heavy atom. The molecule has 3 N–H and O–H groups in total. The number of hydrogen-bond donors (Lipinski definition) is 3. The molecule has 1 atom stereocenters. The minimum atomic E-state index is -4.72. The van der Waals surface area contributed by atoms with E-state index in [1.807, 2.05) is 0 Å². The van der Waals surface area contributed by atoms with Crippen molar-refractivity contribution >= 4 is 19.4 Å². The quantitative estimate of drug-likeness (QED) is 0.392. The predicted octanol–water partition coefficient (Wildman–Crippen LogP) is -0.995. The number of aliphatic hydroxyl groups excluding tert-OH is 1. The SMILES string of the molecule is CCC(=O)C(=O)C(O)COP(=O)(O)O. The predicted molar refractivity (Wildman–Crippen MR) is 44.3 cm³/mol. The molecule has 0 spiro atoms. The molecule has 0 radical (unpaired) electrons. The lowest BCUT2D eigenvalue weighted by Gasteiger charge is -2.09. The minimum absolute atomic E-state index is 0.0776. The van der Waals surface area contributed by atoms with Gasteiger partial charge in [-0.3, -0.25) is 14.1 Å². The third-order valence-corrected chi connectivity index (χ3v) is 1.78. The van der Waals surface area contributed by atoms with Crippen LogP contribution in [0.3, 0.4) is 0 Å². The molecule has 82 valence electrons. The van der Waals surface area contributed by atoms with E-state index in [9.17, 15) is 14.2 Å². The van der Waals surface area contributed by atoms with Crippen molar-refractivity contribution in [2.45, 2.75) is 19.4 Å². The lowest BCUT2D eigenvalue weighted by Crippen LogP contribution is -2.31. The summed E-state index contributed by atoms with van der Waals surface area (Å²) in [5, 5.41) is 8.94. The summed E-state index contributed by atoms with van der Waals surface area (Å²) in [5.41, 5.74) is 0. The van der Waals surface area contributed by atoms with E-state index in [-0.39, 0.29) is 6.42 Å². The summed E-state index contributed by atoms with van der Waals surface area (Å²) in [6.07, 6.45) is -1.90. The van der Waals surface area contributed by atoms with Crippen LogP contribution in [-0.2, 0) is 18.7 Å². The molecular weight excluding hydrogens is 215 g/mol. The van der Waals surface area contributed by atoms with E-state index in [1.165, 1.54) is 6.92 Å². The minimum Gasteiger partial charge on any atom is -0.382 e. The van der Waals surface area contributed by atoms with Gasteiger partial charge in [-0.2, -0.15) is 0 Å². The highest BCUT2D eigenvalue weighted by molar-refractivity contribution is 7.46. The fraction of sp³-hybridized carbons (Fsp3) is 0.667. The van der Waals surface area contributed by atoms with Crippen molar-refractivity contribution in [3.05, 3.63) is 0 Å². The van der Waals surface area contributed by atoms with Crippen LogP contribution in [0.4, 0.5) is 0 Å². The average Bonchev–Trinajstić information content (AvgIpc) is 2.10. The Morgan fingerprint density at radius 1 is 1.43 bits per heavy atom. The average molecular weight is 226 g/mol. The number of rotatable bonds is 6. The molecule has 0 aromatic heterocycles. The van der Waals surface area contributed by atoms with Crippen LogP contribution in [0.2, 0.25) is 0 Å². The summed E-state index contributed by atoms with van der Waals surface area (Å²) in [6, 6.07) is 0. The van der Waals surface area contributed by atoms with Gasteiger partial charge in [-0.05, 0) is 0 Å². The van der Waals surface area contributed by atoms with Crippen LogP contribution >= 0.6 is 7.82 Å². The van der Waals surface area contributed by atoms with E-state index in [2.05, 4.69) is 4.52 Å². The van der Waals surface area contributed by atoms with Gasteiger partial charge in [-0.15, -0.1) is 0 Å². The number of phosphoric ester groups is 1. The second-order valence-corrected chi connectivity index (χ2v) is 3.68. The molecule has 7 nitrogen and oxygen atoms in total. The van der Waals surface area contributed by atoms with Crippen molar-refractivity contribution in [1.29, 1.82) is 0 Å². The van der Waals surface area contributed by atoms with Crippen LogP contribution in [0.1, 0.15) is 13.3 Å². The van der Waals surface area contributed by atoms with Gasteiger partial charge in [0.05, 0.1) is 6.61 Å². The molecule has 0 aliphatic carbocycles. The van der Waals surface area contributed by atoms with E-state index in [4.69, 9.17) is 14.9 Å². The normalized spacial score (nSPS) is 13.7. The van der Waals surface area contributed by atoms with E-state index in [0.29, 0.717) is 0 Å². The fourth-order valence-electron chi connectivity index (χ4n) is 0.603. The van der Waals surface area contributed by atoms with Crippen LogP contribution < -0.4 is 0 Å². The van der Waals surface area contributed by atoms with Crippen LogP contribution in [0.5, 0.6) is 0 Å². The smallest absolute Gasteiger partial charge is 0.382 e. The monoisotopic (exact) mass is 226 g/mol. The lowest BCUT2D eigenvalue weighted by molar-refractivity contribution is -0.142. The second kappa shape index (κ2) is 5.33. The van der Waals surface area contributed by atoms with Crippen molar-refractivity contribution in [2.75, 3.05) is 6.61 Å². The molecule has 0 fully saturated rings. The molecule has 0 heterocycles. The Kier molecular flexibility index (Phi) is 5.11. The Balaban J connectivity index is 4.10. The van der Waals surface area contributed by atoms with Gasteiger partial charge in [0.25, 0.3) is 0 Å². The number of hydrogen-bond acceptors (Lipinski definition) is 5. The Bertz CT molecular complexity index is 267. The molecule has 0 amide bonds. The summed E-state index contributed by atoms with van der Waals surface area (Å²) in [7, 11) is -4.72. The van der Waals surface area contributed by atoms with Gasteiger partial charge in [-0.25, -0.2) is 4.57 Å². The van der Waals surface area contributed by atoms with Crippen molar-refractivity contribution in [2.24, 2.45) is 0 Å². The molecular formula is C6H11O7P. The lowest BCUT2D eigenvalue weighted by atomic mass is 10.1. The van der Waals surface area contributed by atoms with E-state index >= 15 is 0 Å². The van der Waals surface area contributed by atoms with Gasteiger partial charge in [0.1, 0.15) is 6.10 Å². The van der Waals surface area contributed by atoms with E-state index in [1.54, 1.807) is 0 Å². The molecule has 0 aliphatic heterocycles. The molecule has 0 rings (SSSR count). The maximum absolute atomic E-state index is 10.9. The highest BCUT2D eigenvalue weighted by Crippen LogP contribution is 2.35. The topological polar surface area (TPSA) is 121 Å². The first-order valence-electron chi connectivity index (χ1n) is 3.73. The summed E-state index contributed by atoms with van der Waals surface area (Å²) in [4.78, 5) is 38.0. The van der Waals surface area contributed by atoms with Crippen LogP contribution in [0, 0.1) is 0 Å². The molecule has 14 heavy (non-hydrogen) atoms. The molecule has 8 heteroatoms. The van der Waals surface area contributed by atoms with Gasteiger partial charge >= 0.3 is 7.82 Å². The number of phosphoric acid groups is 1. The Labute approximate surface area is 79.9 Å². The second-order valence-electron chi connectivity index (χ2n) is 2.44. The maximum Gasteiger partial charge on any atom is 0.469 e. The Hall–Kier alpha value is -0.590. The zero-order valence-electron chi connectivity index (χ0n) is 7.41. The van der Waals surface area contributed by atoms with Crippen molar-refractivity contribution in [3.8, 4) is 0 Å². The number of carbonyl (C=O) groups excluding carboxylic acids is 2. The standard InChI is InChI=1S/C6H11O7P/c1-2-4(7)6(9)5(8)3-13-14(10,11)12/h5,8H,2-3H2,1H3,(H2,10,11,12). The first-order chi connectivity index (χ1) is 6.28. The van der Waals surface area contributed by atoms with E-state index in [0.717, 1.165) is 0 Å². The molecule has 0 saturated carbocycles. The van der Waals surface area contributed by atoms with Gasteiger partial charge in [0.15, 0.2) is 0 Å². The van der Waals surface area contributed by atoms with Crippen molar-refractivity contribution in [3.63, 3.8) is 0 Å². The van der Waals surface area contributed by atoms with Gasteiger partial charge in [0.2, 0.25) is 11.6 Å². The highest BCUT2D eigenvalue weighted by Gasteiger charge is 2.25. The van der Waals surface area contributed by atoms with Crippen LogP contribution in [0.15, 0.2) is 0 Å². The van der Waals surface area contributed by atoms with Gasteiger partial charge in [0, 0.05) is 6.42 Å². The first-order valence-corrected chi connectivity index (χ1v) is 5.26. The molecule has 1 unspecified atom stereocenters. The largest absolute Gasteiger partial charge is 0.469 e. The first kappa shape index (κ1) is 13.4. The number of ketones is 2. The maximum atomic E-state index is 10.9. The zero-order valence-corrected chi connectivity index (χ0v) is 8.31.